The summed E-state index contributed by atoms with van der Waals surface area (Å²) in [7, 11) is -3.27. The summed E-state index contributed by atoms with van der Waals surface area (Å²) in [6.45, 7) is 8.45. The van der Waals surface area contributed by atoms with Gasteiger partial charge in [-0.05, 0) is 27.2 Å². The first-order valence-corrected chi connectivity index (χ1v) is 7.86. The van der Waals surface area contributed by atoms with Crippen LogP contribution in [0.2, 0.25) is 0 Å². The van der Waals surface area contributed by atoms with E-state index in [0.717, 1.165) is 24.2 Å². The van der Waals surface area contributed by atoms with E-state index in [1.165, 1.54) is 0 Å². The van der Waals surface area contributed by atoms with Gasteiger partial charge in [-0.2, -0.15) is 4.31 Å². The zero-order valence-corrected chi connectivity index (χ0v) is 12.2. The molecule has 1 fully saturated rings. The van der Waals surface area contributed by atoms with Crippen molar-refractivity contribution in [3.05, 3.63) is 23.3 Å². The van der Waals surface area contributed by atoms with Gasteiger partial charge < -0.3 is 5.32 Å². The van der Waals surface area contributed by atoms with Crippen molar-refractivity contribution in [2.24, 2.45) is 0 Å². The van der Waals surface area contributed by atoms with Gasteiger partial charge in [-0.25, -0.2) is 8.42 Å². The van der Waals surface area contributed by atoms with Crippen molar-refractivity contribution >= 4 is 10.0 Å². The van der Waals surface area contributed by atoms with Crippen LogP contribution in [-0.2, 0) is 10.0 Å². The van der Waals surface area contributed by atoms with Crippen LogP contribution in [0, 0.1) is 0 Å². The van der Waals surface area contributed by atoms with Crippen LogP contribution in [-0.4, -0.2) is 43.6 Å². The standard InChI is InChI=1S/C13H22N2O2S/c1-11-8-12(2)10-13(3,9-11)18(16,17)15-6-4-14-5-7-15/h8-9,14H,4-7,10H2,1-3H3. The predicted molar refractivity (Wildman–Crippen MR) is 73.9 cm³/mol. The first-order valence-electron chi connectivity index (χ1n) is 6.42. The van der Waals surface area contributed by atoms with Gasteiger partial charge in [-0.15, -0.1) is 0 Å². The summed E-state index contributed by atoms with van der Waals surface area (Å²) < 4.78 is 26.4. The molecule has 1 atom stereocenters. The first kappa shape index (κ1) is 13.8. The van der Waals surface area contributed by atoms with Crippen molar-refractivity contribution in [1.82, 2.24) is 9.62 Å². The van der Waals surface area contributed by atoms with E-state index in [4.69, 9.17) is 0 Å². The third kappa shape index (κ3) is 2.39. The molecule has 4 nitrogen and oxygen atoms in total. The van der Waals surface area contributed by atoms with Crippen molar-refractivity contribution in [3.63, 3.8) is 0 Å². The molecule has 1 aliphatic carbocycles. The van der Waals surface area contributed by atoms with Gasteiger partial charge in [0.25, 0.3) is 0 Å². The molecule has 1 N–H and O–H groups in total. The molecule has 1 heterocycles. The second kappa shape index (κ2) is 4.79. The number of nitrogens with zero attached hydrogens (tertiary/aromatic N) is 1. The van der Waals surface area contributed by atoms with Gasteiger partial charge in [0.2, 0.25) is 10.0 Å². The zero-order valence-electron chi connectivity index (χ0n) is 11.4. The van der Waals surface area contributed by atoms with Gasteiger partial charge in [0.15, 0.2) is 0 Å². The largest absolute Gasteiger partial charge is 0.314 e. The SMILES string of the molecule is CC1=CC(C)(S(=O)(=O)N2CCNCC2)CC(C)=C1. The lowest BCUT2D eigenvalue weighted by molar-refractivity contribution is 0.350. The Labute approximate surface area is 110 Å². The molecular formula is C13H22N2O2S. The lowest BCUT2D eigenvalue weighted by atomic mass is 9.92. The highest BCUT2D eigenvalue weighted by molar-refractivity contribution is 7.90. The van der Waals surface area contributed by atoms with Crippen LogP contribution < -0.4 is 5.32 Å². The normalized spacial score (nSPS) is 30.8. The molecule has 1 unspecified atom stereocenters. The van der Waals surface area contributed by atoms with Gasteiger partial charge >= 0.3 is 0 Å². The molecule has 1 aliphatic heterocycles. The van der Waals surface area contributed by atoms with E-state index < -0.39 is 14.8 Å². The Morgan fingerprint density at radius 2 is 1.89 bits per heavy atom. The van der Waals surface area contributed by atoms with Gasteiger partial charge in [0, 0.05) is 26.2 Å². The van der Waals surface area contributed by atoms with Crippen molar-refractivity contribution in [2.45, 2.75) is 31.9 Å². The Morgan fingerprint density at radius 1 is 1.28 bits per heavy atom. The second-order valence-corrected chi connectivity index (χ2v) is 7.92. The molecular weight excluding hydrogens is 248 g/mol. The molecule has 0 radical (unpaired) electrons. The van der Waals surface area contributed by atoms with Crippen molar-refractivity contribution < 1.29 is 8.42 Å². The summed E-state index contributed by atoms with van der Waals surface area (Å²) in [6, 6.07) is 0. The minimum Gasteiger partial charge on any atom is -0.314 e. The fraction of sp³-hybridized carbons (Fsp3) is 0.692. The van der Waals surface area contributed by atoms with Crippen LogP contribution in [0.15, 0.2) is 23.3 Å². The van der Waals surface area contributed by atoms with Crippen LogP contribution >= 0.6 is 0 Å². The predicted octanol–water partition coefficient (Wildman–Crippen LogP) is 1.28. The molecule has 18 heavy (non-hydrogen) atoms. The van der Waals surface area contributed by atoms with E-state index in [1.807, 2.05) is 26.8 Å². The number of hydrogen-bond donors (Lipinski definition) is 1. The summed E-state index contributed by atoms with van der Waals surface area (Å²) in [5, 5.41) is 3.19. The second-order valence-electron chi connectivity index (χ2n) is 5.52. The number of sulfonamides is 1. The number of allylic oxidation sites excluding steroid dienone is 3. The summed E-state index contributed by atoms with van der Waals surface area (Å²) in [4.78, 5) is 0. The molecule has 0 spiro atoms. The number of piperazine rings is 1. The number of nitrogens with one attached hydrogen (secondary N) is 1. The third-order valence-corrected chi connectivity index (χ3v) is 6.13. The van der Waals surface area contributed by atoms with Gasteiger partial charge in [-0.3, -0.25) is 0 Å². The Kier molecular flexibility index (Phi) is 3.67. The van der Waals surface area contributed by atoms with E-state index in [-0.39, 0.29) is 0 Å². The molecule has 0 saturated carbocycles. The van der Waals surface area contributed by atoms with E-state index in [9.17, 15) is 8.42 Å². The topological polar surface area (TPSA) is 49.4 Å². The van der Waals surface area contributed by atoms with E-state index in [1.54, 1.807) is 4.31 Å². The average Bonchev–Trinajstić information content (AvgIpc) is 2.28. The van der Waals surface area contributed by atoms with Gasteiger partial charge in [-0.1, -0.05) is 23.3 Å². The third-order valence-electron chi connectivity index (χ3n) is 3.64. The molecule has 102 valence electrons. The molecule has 1 saturated heterocycles. The maximum atomic E-state index is 12.8. The highest BCUT2D eigenvalue weighted by Gasteiger charge is 2.42. The summed E-state index contributed by atoms with van der Waals surface area (Å²) in [5.41, 5.74) is 2.18. The number of rotatable bonds is 2. The molecule has 2 aliphatic rings. The minimum atomic E-state index is -3.27. The molecule has 2 rings (SSSR count). The van der Waals surface area contributed by atoms with E-state index in [0.29, 0.717) is 19.5 Å². The highest BCUT2D eigenvalue weighted by Crippen LogP contribution is 2.34. The fourth-order valence-electron chi connectivity index (χ4n) is 2.91. The lowest BCUT2D eigenvalue weighted by Gasteiger charge is -2.37. The average molecular weight is 270 g/mol. The van der Waals surface area contributed by atoms with Crippen molar-refractivity contribution in [2.75, 3.05) is 26.2 Å². The lowest BCUT2D eigenvalue weighted by Crippen LogP contribution is -2.53. The van der Waals surface area contributed by atoms with Crippen LogP contribution in [0.5, 0.6) is 0 Å². The van der Waals surface area contributed by atoms with Crippen LogP contribution in [0.4, 0.5) is 0 Å². The minimum absolute atomic E-state index is 0.577. The van der Waals surface area contributed by atoms with Crippen LogP contribution in [0.3, 0.4) is 0 Å². The van der Waals surface area contributed by atoms with Gasteiger partial charge in [0.05, 0.1) is 0 Å². The molecule has 0 aromatic rings. The Bertz CT molecular complexity index is 487. The molecule has 5 heteroatoms. The Balaban J connectivity index is 2.32. The number of hydrogen-bond acceptors (Lipinski definition) is 3. The van der Waals surface area contributed by atoms with E-state index in [2.05, 4.69) is 11.4 Å². The fourth-order valence-corrected chi connectivity index (χ4v) is 4.91. The summed E-state index contributed by atoms with van der Waals surface area (Å²) in [5.74, 6) is 0. The van der Waals surface area contributed by atoms with E-state index >= 15 is 0 Å². The van der Waals surface area contributed by atoms with Gasteiger partial charge in [0.1, 0.15) is 4.75 Å². The van der Waals surface area contributed by atoms with Crippen molar-refractivity contribution in [3.8, 4) is 0 Å². The zero-order chi connectivity index (χ0) is 13.4. The maximum absolute atomic E-state index is 12.8. The Hall–Kier alpha value is -0.650. The van der Waals surface area contributed by atoms with Crippen LogP contribution in [0.1, 0.15) is 27.2 Å². The maximum Gasteiger partial charge on any atom is 0.223 e. The Morgan fingerprint density at radius 3 is 2.44 bits per heavy atom. The first-order chi connectivity index (χ1) is 8.35. The highest BCUT2D eigenvalue weighted by atomic mass is 32.2. The smallest absolute Gasteiger partial charge is 0.223 e. The molecule has 0 aromatic carbocycles. The molecule has 0 bridgehead atoms. The van der Waals surface area contributed by atoms with Crippen LogP contribution in [0.25, 0.3) is 0 Å². The van der Waals surface area contributed by atoms with Crippen molar-refractivity contribution in [1.29, 1.82) is 0 Å². The monoisotopic (exact) mass is 270 g/mol. The summed E-state index contributed by atoms with van der Waals surface area (Å²) >= 11 is 0. The summed E-state index contributed by atoms with van der Waals surface area (Å²) in [6.07, 6.45) is 4.56. The molecule has 0 aromatic heterocycles. The quantitative estimate of drug-likeness (QED) is 0.822. The molecule has 0 amide bonds.